The van der Waals surface area contributed by atoms with Crippen molar-refractivity contribution < 1.29 is 4.74 Å². The number of hydrogen-bond donors (Lipinski definition) is 1. The van der Waals surface area contributed by atoms with Gasteiger partial charge in [0.15, 0.2) is 0 Å². The number of hydrogen-bond acceptors (Lipinski definition) is 3. The fraction of sp³-hybridized carbons (Fsp3) is 1.00. The Morgan fingerprint density at radius 3 is 2.33 bits per heavy atom. The van der Waals surface area contributed by atoms with Crippen molar-refractivity contribution in [3.8, 4) is 0 Å². The summed E-state index contributed by atoms with van der Waals surface area (Å²) in [5.74, 6) is 0. The average molecular weight is 105 g/mol. The van der Waals surface area contributed by atoms with Crippen LogP contribution in [0.5, 0.6) is 0 Å². The van der Waals surface area contributed by atoms with Crippen LogP contribution < -0.4 is 5.14 Å². The second kappa shape index (κ2) is 1.82. The Hall–Kier alpha value is 0.270. The molecule has 0 saturated carbocycles. The third-order valence-electron chi connectivity index (χ3n) is 0.800. The summed E-state index contributed by atoms with van der Waals surface area (Å²) in [6, 6.07) is 0. The zero-order chi connectivity index (χ0) is 4.41. The van der Waals surface area contributed by atoms with E-state index in [1.807, 2.05) is 0 Å². The summed E-state index contributed by atoms with van der Waals surface area (Å²) in [7, 11) is 0. The predicted octanol–water partition coefficient (Wildman–Crippen LogP) is -0.00790. The van der Waals surface area contributed by atoms with Crippen LogP contribution in [0.15, 0.2) is 0 Å². The molecule has 3 heteroatoms. The molecular weight excluding hydrogens is 98.1 g/mol. The first-order valence-electron chi connectivity index (χ1n) is 1.87. The Bertz CT molecular complexity index is 43.3. The third-order valence-corrected chi connectivity index (χ3v) is 1.46. The van der Waals surface area contributed by atoms with Crippen LogP contribution in [0.25, 0.3) is 0 Å². The molecule has 6 heavy (non-hydrogen) atoms. The van der Waals surface area contributed by atoms with Crippen molar-refractivity contribution in [2.75, 3.05) is 13.2 Å². The summed E-state index contributed by atoms with van der Waals surface area (Å²) in [5.41, 5.74) is 0. The molecule has 0 aliphatic carbocycles. The Labute approximate surface area is 41.2 Å². The minimum atomic E-state index is 0.588. The van der Waals surface area contributed by atoms with Gasteiger partial charge in [-0.25, -0.2) is 0 Å². The summed E-state index contributed by atoms with van der Waals surface area (Å²) in [5, 5.41) is 5.76. The summed E-state index contributed by atoms with van der Waals surface area (Å²) in [4.78, 5) is 0. The van der Waals surface area contributed by atoms with Crippen LogP contribution in [0, 0.1) is 0 Å². The molecule has 0 bridgehead atoms. The van der Waals surface area contributed by atoms with Gasteiger partial charge in [-0.2, -0.15) is 0 Å². The maximum atomic E-state index is 5.17. The topological polar surface area (TPSA) is 35.2 Å². The lowest BCUT2D eigenvalue weighted by Crippen LogP contribution is -2.31. The van der Waals surface area contributed by atoms with Gasteiger partial charge in [-0.3, -0.25) is 5.14 Å². The third kappa shape index (κ3) is 0.668. The molecule has 1 saturated heterocycles. The highest BCUT2D eigenvalue weighted by molar-refractivity contribution is 7.97. The molecular formula is C3H7NOS. The quantitative estimate of drug-likeness (QED) is 0.476. The van der Waals surface area contributed by atoms with Gasteiger partial charge in [0.05, 0.1) is 18.5 Å². The van der Waals surface area contributed by atoms with Gasteiger partial charge in [0.2, 0.25) is 0 Å². The van der Waals surface area contributed by atoms with Crippen molar-refractivity contribution in [3.63, 3.8) is 0 Å². The lowest BCUT2D eigenvalue weighted by atomic mass is 10.4. The van der Waals surface area contributed by atoms with Gasteiger partial charge >= 0.3 is 0 Å². The maximum Gasteiger partial charge on any atom is 0.0658 e. The molecule has 2 nitrogen and oxygen atoms in total. The highest BCUT2D eigenvalue weighted by Gasteiger charge is 2.16. The minimum absolute atomic E-state index is 0.588. The van der Waals surface area contributed by atoms with Crippen LogP contribution in [0.2, 0.25) is 0 Å². The van der Waals surface area contributed by atoms with Crippen molar-refractivity contribution >= 4 is 11.9 Å². The van der Waals surface area contributed by atoms with Gasteiger partial charge < -0.3 is 4.74 Å². The standard InChI is InChI=1S/C3H7NOS/c4-6-3-1-5-2-3/h3H,1-2,4H2. The first-order valence-corrected chi connectivity index (χ1v) is 2.81. The lowest BCUT2D eigenvalue weighted by Gasteiger charge is -2.22. The van der Waals surface area contributed by atoms with Crippen molar-refractivity contribution in [2.24, 2.45) is 5.14 Å². The zero-order valence-electron chi connectivity index (χ0n) is 3.39. The second-order valence-corrected chi connectivity index (χ2v) is 2.23. The van der Waals surface area contributed by atoms with Gasteiger partial charge in [0.1, 0.15) is 0 Å². The first-order chi connectivity index (χ1) is 2.93. The van der Waals surface area contributed by atoms with Crippen LogP contribution in [0.1, 0.15) is 0 Å². The van der Waals surface area contributed by atoms with Gasteiger partial charge in [-0.15, -0.1) is 0 Å². The summed E-state index contributed by atoms with van der Waals surface area (Å²) in [6.45, 7) is 1.70. The van der Waals surface area contributed by atoms with Gasteiger partial charge in [0, 0.05) is 0 Å². The van der Waals surface area contributed by atoms with Gasteiger partial charge in [-0.05, 0) is 0 Å². The number of rotatable bonds is 1. The highest BCUT2D eigenvalue weighted by Crippen LogP contribution is 2.11. The number of nitrogens with two attached hydrogens (primary N) is 1. The van der Waals surface area contributed by atoms with Crippen LogP contribution in [0.3, 0.4) is 0 Å². The molecule has 2 N–H and O–H groups in total. The van der Waals surface area contributed by atoms with E-state index in [9.17, 15) is 0 Å². The summed E-state index contributed by atoms with van der Waals surface area (Å²) >= 11 is 1.39. The van der Waals surface area contributed by atoms with E-state index in [2.05, 4.69) is 0 Å². The predicted molar refractivity (Wildman–Crippen MR) is 26.4 cm³/mol. The van der Waals surface area contributed by atoms with E-state index in [0.717, 1.165) is 13.2 Å². The molecule has 36 valence electrons. The fourth-order valence-electron chi connectivity index (χ4n) is 0.293. The minimum Gasteiger partial charge on any atom is -0.379 e. The molecule has 0 amide bonds. The number of ether oxygens (including phenoxy) is 1. The second-order valence-electron chi connectivity index (χ2n) is 1.30. The SMILES string of the molecule is NSC1COC1. The van der Waals surface area contributed by atoms with Crippen LogP contribution in [-0.2, 0) is 4.74 Å². The zero-order valence-corrected chi connectivity index (χ0v) is 4.20. The Morgan fingerprint density at radius 2 is 2.33 bits per heavy atom. The van der Waals surface area contributed by atoms with E-state index in [1.54, 1.807) is 0 Å². The van der Waals surface area contributed by atoms with Gasteiger partial charge in [-0.1, -0.05) is 11.9 Å². The Morgan fingerprint density at radius 1 is 1.67 bits per heavy atom. The van der Waals surface area contributed by atoms with E-state index in [4.69, 9.17) is 9.88 Å². The highest BCUT2D eigenvalue weighted by atomic mass is 32.2. The van der Waals surface area contributed by atoms with E-state index in [0.29, 0.717) is 5.25 Å². The van der Waals surface area contributed by atoms with E-state index in [1.165, 1.54) is 11.9 Å². The van der Waals surface area contributed by atoms with Crippen molar-refractivity contribution in [2.45, 2.75) is 5.25 Å². The van der Waals surface area contributed by atoms with Crippen LogP contribution in [0.4, 0.5) is 0 Å². The molecule has 1 heterocycles. The smallest absolute Gasteiger partial charge is 0.0658 e. The fourth-order valence-corrected chi connectivity index (χ4v) is 0.642. The Kier molecular flexibility index (Phi) is 1.34. The Balaban J connectivity index is 2.01. The molecule has 1 fully saturated rings. The average Bonchev–Trinajstić information content (AvgIpc) is 1.31. The summed E-state index contributed by atoms with van der Waals surface area (Å²) < 4.78 is 4.82. The largest absolute Gasteiger partial charge is 0.379 e. The van der Waals surface area contributed by atoms with Crippen LogP contribution >= 0.6 is 11.9 Å². The summed E-state index contributed by atoms with van der Waals surface area (Å²) in [6.07, 6.45) is 0. The molecule has 0 aromatic carbocycles. The molecule has 0 unspecified atom stereocenters. The van der Waals surface area contributed by atoms with Crippen LogP contribution in [-0.4, -0.2) is 18.5 Å². The first kappa shape index (κ1) is 4.43. The normalized spacial score (nSPS) is 23.5. The molecule has 0 aromatic heterocycles. The monoisotopic (exact) mass is 105 g/mol. The van der Waals surface area contributed by atoms with E-state index >= 15 is 0 Å². The molecule has 0 atom stereocenters. The molecule has 1 aliphatic heterocycles. The van der Waals surface area contributed by atoms with Gasteiger partial charge in [0.25, 0.3) is 0 Å². The van der Waals surface area contributed by atoms with E-state index < -0.39 is 0 Å². The molecule has 0 radical (unpaired) electrons. The molecule has 1 aliphatic rings. The van der Waals surface area contributed by atoms with Crippen molar-refractivity contribution in [1.82, 2.24) is 0 Å². The van der Waals surface area contributed by atoms with Crippen molar-refractivity contribution in [3.05, 3.63) is 0 Å². The maximum absolute atomic E-state index is 5.17. The molecule has 1 rings (SSSR count). The molecule has 0 spiro atoms. The van der Waals surface area contributed by atoms with E-state index in [-0.39, 0.29) is 0 Å². The van der Waals surface area contributed by atoms with Crippen molar-refractivity contribution in [1.29, 1.82) is 0 Å². The molecule has 0 aromatic rings. The lowest BCUT2D eigenvalue weighted by molar-refractivity contribution is 0.0455.